The van der Waals surface area contributed by atoms with Gasteiger partial charge in [0.25, 0.3) is 0 Å². The lowest BCUT2D eigenvalue weighted by Crippen LogP contribution is -2.29. The molecule has 78 valence electrons. The molecule has 3 atom stereocenters. The monoisotopic (exact) mass is 196 g/mol. The van der Waals surface area contributed by atoms with Gasteiger partial charge < -0.3 is 0 Å². The van der Waals surface area contributed by atoms with Gasteiger partial charge in [0, 0.05) is 17.8 Å². The van der Waals surface area contributed by atoms with Crippen LogP contribution in [0.25, 0.3) is 0 Å². The Hall–Kier alpha value is -0.990. The van der Waals surface area contributed by atoms with Crippen molar-refractivity contribution in [3.05, 3.63) is 0 Å². The van der Waals surface area contributed by atoms with E-state index < -0.39 is 0 Å². The Labute approximate surface area is 83.9 Å². The van der Waals surface area contributed by atoms with Crippen molar-refractivity contribution < 1.29 is 14.4 Å². The summed E-state index contributed by atoms with van der Waals surface area (Å²) in [6.07, 6.45) is 0.666. The molecule has 1 saturated carbocycles. The molecule has 0 bridgehead atoms. The second-order valence-electron chi connectivity index (χ2n) is 4.05. The third-order valence-corrected chi connectivity index (χ3v) is 3.16. The van der Waals surface area contributed by atoms with Crippen LogP contribution >= 0.6 is 0 Å². The first-order valence-corrected chi connectivity index (χ1v) is 5.04. The Morgan fingerprint density at radius 1 is 1.43 bits per heavy atom. The molecule has 1 rings (SSSR count). The average molecular weight is 196 g/mol. The highest BCUT2D eigenvalue weighted by Gasteiger charge is 2.43. The summed E-state index contributed by atoms with van der Waals surface area (Å²) in [5, 5.41) is 0. The van der Waals surface area contributed by atoms with Crippen molar-refractivity contribution in [2.75, 3.05) is 0 Å². The van der Waals surface area contributed by atoms with Gasteiger partial charge >= 0.3 is 0 Å². The summed E-state index contributed by atoms with van der Waals surface area (Å²) in [7, 11) is 0. The van der Waals surface area contributed by atoms with Crippen LogP contribution in [-0.4, -0.2) is 17.3 Å². The van der Waals surface area contributed by atoms with Gasteiger partial charge in [0.05, 0.1) is 6.42 Å². The summed E-state index contributed by atoms with van der Waals surface area (Å²) in [5.41, 5.74) is 0. The van der Waals surface area contributed by atoms with E-state index >= 15 is 0 Å². The van der Waals surface area contributed by atoms with Crippen LogP contribution in [0, 0.1) is 17.8 Å². The molecule has 1 aliphatic carbocycles. The number of hydrogen-bond acceptors (Lipinski definition) is 3. The summed E-state index contributed by atoms with van der Waals surface area (Å²) in [6.45, 7) is 5.13. The van der Waals surface area contributed by atoms with E-state index in [1.54, 1.807) is 6.92 Å². The predicted octanol–water partition coefficient (Wildman–Crippen LogP) is 1.40. The van der Waals surface area contributed by atoms with E-state index in [0.29, 0.717) is 6.42 Å². The maximum atomic E-state index is 11.5. The van der Waals surface area contributed by atoms with Crippen LogP contribution in [0.5, 0.6) is 0 Å². The molecule has 14 heavy (non-hydrogen) atoms. The Balaban J connectivity index is 2.90. The largest absolute Gasteiger partial charge is 0.300 e. The maximum absolute atomic E-state index is 11.5. The van der Waals surface area contributed by atoms with Gasteiger partial charge in [-0.05, 0) is 13.3 Å². The molecule has 3 heteroatoms. The minimum Gasteiger partial charge on any atom is -0.300 e. The topological polar surface area (TPSA) is 51.2 Å². The normalized spacial score (nSPS) is 29.4. The van der Waals surface area contributed by atoms with E-state index in [-0.39, 0.29) is 41.5 Å². The van der Waals surface area contributed by atoms with Crippen LogP contribution in [-0.2, 0) is 14.4 Å². The van der Waals surface area contributed by atoms with Gasteiger partial charge in [-0.1, -0.05) is 13.8 Å². The van der Waals surface area contributed by atoms with Gasteiger partial charge in [0.2, 0.25) is 0 Å². The van der Waals surface area contributed by atoms with E-state index in [9.17, 15) is 14.4 Å². The highest BCUT2D eigenvalue weighted by Crippen LogP contribution is 2.33. The summed E-state index contributed by atoms with van der Waals surface area (Å²) in [5.74, 6) is -0.929. The number of hydrogen-bond donors (Lipinski definition) is 0. The van der Waals surface area contributed by atoms with Gasteiger partial charge in [-0.25, -0.2) is 0 Å². The number of carbonyl (C=O) groups excluding carboxylic acids is 3. The smallest absolute Gasteiger partial charge is 0.144 e. The minimum absolute atomic E-state index is 0.0142. The summed E-state index contributed by atoms with van der Waals surface area (Å²) < 4.78 is 0. The quantitative estimate of drug-likeness (QED) is 0.641. The van der Waals surface area contributed by atoms with Crippen LogP contribution in [0.15, 0.2) is 0 Å². The summed E-state index contributed by atoms with van der Waals surface area (Å²) in [6, 6.07) is 0. The van der Waals surface area contributed by atoms with Crippen molar-refractivity contribution >= 4 is 17.3 Å². The fraction of sp³-hybridized carbons (Fsp3) is 0.727. The minimum atomic E-state index is -0.356. The average Bonchev–Trinajstić information content (AvgIpc) is 2.32. The zero-order chi connectivity index (χ0) is 10.9. The second-order valence-corrected chi connectivity index (χ2v) is 4.05. The van der Waals surface area contributed by atoms with Crippen LogP contribution in [0.2, 0.25) is 0 Å². The standard InChI is InChI=1S/C11H16O3/c1-4-8(7(3)12)11-6(2)9(13)5-10(11)14/h6,8,11H,4-5H2,1-3H3. The van der Waals surface area contributed by atoms with Crippen LogP contribution < -0.4 is 0 Å². The molecule has 3 nitrogen and oxygen atoms in total. The van der Waals surface area contributed by atoms with Crippen LogP contribution in [0.1, 0.15) is 33.6 Å². The molecular weight excluding hydrogens is 180 g/mol. The van der Waals surface area contributed by atoms with E-state index in [1.807, 2.05) is 6.92 Å². The van der Waals surface area contributed by atoms with Crippen LogP contribution in [0.4, 0.5) is 0 Å². The summed E-state index contributed by atoms with van der Waals surface area (Å²) >= 11 is 0. The van der Waals surface area contributed by atoms with Gasteiger partial charge in [0.1, 0.15) is 17.3 Å². The predicted molar refractivity (Wildman–Crippen MR) is 51.7 cm³/mol. The molecule has 0 aromatic carbocycles. The first kappa shape index (κ1) is 11.1. The lowest BCUT2D eigenvalue weighted by Gasteiger charge is -2.20. The second kappa shape index (κ2) is 4.03. The van der Waals surface area contributed by atoms with Crippen molar-refractivity contribution in [2.45, 2.75) is 33.6 Å². The third kappa shape index (κ3) is 1.76. The highest BCUT2D eigenvalue weighted by molar-refractivity contribution is 6.09. The van der Waals surface area contributed by atoms with Crippen molar-refractivity contribution in [1.82, 2.24) is 0 Å². The number of carbonyl (C=O) groups is 3. The van der Waals surface area contributed by atoms with Gasteiger partial charge in [-0.15, -0.1) is 0 Å². The van der Waals surface area contributed by atoms with Crippen molar-refractivity contribution in [3.8, 4) is 0 Å². The molecule has 0 aliphatic heterocycles. The molecular formula is C11H16O3. The molecule has 0 aromatic heterocycles. The zero-order valence-corrected chi connectivity index (χ0v) is 8.87. The molecule has 0 aromatic rings. The van der Waals surface area contributed by atoms with Crippen molar-refractivity contribution in [1.29, 1.82) is 0 Å². The fourth-order valence-electron chi connectivity index (χ4n) is 2.30. The summed E-state index contributed by atoms with van der Waals surface area (Å²) in [4.78, 5) is 34.1. The van der Waals surface area contributed by atoms with E-state index in [2.05, 4.69) is 0 Å². The lowest BCUT2D eigenvalue weighted by atomic mass is 9.80. The number of rotatable bonds is 3. The third-order valence-electron chi connectivity index (χ3n) is 3.16. The molecule has 3 unspecified atom stereocenters. The molecule has 0 spiro atoms. The van der Waals surface area contributed by atoms with Crippen LogP contribution in [0.3, 0.4) is 0 Å². The maximum Gasteiger partial charge on any atom is 0.144 e. The Kier molecular flexibility index (Phi) is 3.19. The van der Waals surface area contributed by atoms with E-state index in [0.717, 1.165) is 0 Å². The first-order valence-electron chi connectivity index (χ1n) is 5.04. The molecule has 1 fully saturated rings. The molecule has 0 N–H and O–H groups in total. The van der Waals surface area contributed by atoms with E-state index in [4.69, 9.17) is 0 Å². The Morgan fingerprint density at radius 3 is 2.29 bits per heavy atom. The van der Waals surface area contributed by atoms with Crippen molar-refractivity contribution in [3.63, 3.8) is 0 Å². The van der Waals surface area contributed by atoms with Gasteiger partial charge in [-0.2, -0.15) is 0 Å². The highest BCUT2D eigenvalue weighted by atomic mass is 16.2. The Bertz CT molecular complexity index is 280. The zero-order valence-electron chi connectivity index (χ0n) is 8.87. The number of ketones is 3. The first-order chi connectivity index (χ1) is 6.49. The SMILES string of the molecule is CCC(C(C)=O)C1C(=O)CC(=O)C1C. The van der Waals surface area contributed by atoms with Gasteiger partial charge in [0.15, 0.2) is 0 Å². The molecule has 0 saturated heterocycles. The molecule has 1 aliphatic rings. The Morgan fingerprint density at radius 2 is 2.00 bits per heavy atom. The van der Waals surface area contributed by atoms with Crippen molar-refractivity contribution in [2.24, 2.45) is 17.8 Å². The molecule has 0 heterocycles. The number of Topliss-reactive ketones (excluding diaryl/α,β-unsaturated/α-hetero) is 3. The molecule has 0 amide bonds. The van der Waals surface area contributed by atoms with Gasteiger partial charge in [-0.3, -0.25) is 14.4 Å². The molecule has 0 radical (unpaired) electrons. The van der Waals surface area contributed by atoms with E-state index in [1.165, 1.54) is 6.92 Å². The lowest BCUT2D eigenvalue weighted by molar-refractivity contribution is -0.130. The fourth-order valence-corrected chi connectivity index (χ4v) is 2.30.